The highest BCUT2D eigenvalue weighted by molar-refractivity contribution is 7.89. The van der Waals surface area contributed by atoms with E-state index in [2.05, 4.69) is 5.32 Å². The van der Waals surface area contributed by atoms with E-state index in [1.165, 1.54) is 12.8 Å². The number of hydrogen-bond acceptors (Lipinski definition) is 5. The van der Waals surface area contributed by atoms with Crippen molar-refractivity contribution in [1.29, 1.82) is 0 Å². The van der Waals surface area contributed by atoms with Crippen molar-refractivity contribution in [2.75, 3.05) is 32.8 Å². The molecule has 0 radical (unpaired) electrons. The van der Waals surface area contributed by atoms with Gasteiger partial charge >= 0.3 is 0 Å². The number of nitrogens with zero attached hydrogens (tertiary/aromatic N) is 1. The molecule has 0 amide bonds. The molecule has 8 heteroatoms. The van der Waals surface area contributed by atoms with Crippen LogP contribution in [0.3, 0.4) is 0 Å². The van der Waals surface area contributed by atoms with E-state index in [1.807, 2.05) is 13.8 Å². The van der Waals surface area contributed by atoms with Gasteiger partial charge in [-0.2, -0.15) is 4.31 Å². The Hall–Kier alpha value is -1.02. The Balaban J connectivity index is 0.00000261. The highest BCUT2D eigenvalue weighted by Crippen LogP contribution is 2.32. The first-order valence-electron chi connectivity index (χ1n) is 9.67. The van der Waals surface area contributed by atoms with E-state index in [9.17, 15) is 8.42 Å². The van der Waals surface area contributed by atoms with Gasteiger partial charge in [0.15, 0.2) is 11.5 Å². The van der Waals surface area contributed by atoms with Gasteiger partial charge < -0.3 is 14.8 Å². The van der Waals surface area contributed by atoms with Crippen LogP contribution in [-0.4, -0.2) is 51.6 Å². The fraction of sp³-hybridized carbons (Fsp3) is 0.684. The normalized spacial score (nSPS) is 18.7. The van der Waals surface area contributed by atoms with Crippen LogP contribution in [0, 0.1) is 5.92 Å². The van der Waals surface area contributed by atoms with E-state index in [4.69, 9.17) is 9.47 Å². The van der Waals surface area contributed by atoms with Gasteiger partial charge in [0, 0.05) is 25.2 Å². The van der Waals surface area contributed by atoms with Crippen molar-refractivity contribution >= 4 is 22.4 Å². The monoisotopic (exact) mass is 418 g/mol. The molecule has 0 spiro atoms. The van der Waals surface area contributed by atoms with Crippen LogP contribution in [0.2, 0.25) is 0 Å². The molecule has 2 fully saturated rings. The van der Waals surface area contributed by atoms with E-state index in [0.717, 1.165) is 25.3 Å². The molecule has 0 atom stereocenters. The van der Waals surface area contributed by atoms with Gasteiger partial charge in [0.2, 0.25) is 10.0 Å². The van der Waals surface area contributed by atoms with Gasteiger partial charge in [-0.1, -0.05) is 0 Å². The Bertz CT molecular complexity index is 702. The average Bonchev–Trinajstić information content (AvgIpc) is 3.46. The summed E-state index contributed by atoms with van der Waals surface area (Å²) in [5.74, 6) is 1.91. The number of piperidine rings is 1. The maximum Gasteiger partial charge on any atom is 0.243 e. The zero-order valence-corrected chi connectivity index (χ0v) is 17.8. The standard InChI is InChI=1S/C19H30N2O4S.ClH/c1-3-24-18-8-7-17(13-19(18)25-4-2)26(22,23)21-11-9-16(10-12-21)20-14-15-5-6-15;/h7-8,13,15-16,20H,3-6,9-12,14H2,1-2H3;1H. The van der Waals surface area contributed by atoms with Crippen molar-refractivity contribution < 1.29 is 17.9 Å². The molecule has 0 bridgehead atoms. The number of sulfonamides is 1. The first-order chi connectivity index (χ1) is 12.5. The number of rotatable bonds is 9. The molecule has 27 heavy (non-hydrogen) atoms. The van der Waals surface area contributed by atoms with Crippen LogP contribution >= 0.6 is 12.4 Å². The van der Waals surface area contributed by atoms with Crippen LogP contribution in [0.5, 0.6) is 11.5 Å². The van der Waals surface area contributed by atoms with E-state index in [0.29, 0.717) is 43.8 Å². The number of benzene rings is 1. The van der Waals surface area contributed by atoms with E-state index < -0.39 is 10.0 Å². The molecule has 0 aromatic heterocycles. The summed E-state index contributed by atoms with van der Waals surface area (Å²) in [4.78, 5) is 0.272. The first kappa shape index (κ1) is 22.3. The van der Waals surface area contributed by atoms with Crippen LogP contribution in [0.1, 0.15) is 39.5 Å². The van der Waals surface area contributed by atoms with Gasteiger partial charge in [-0.05, 0) is 64.1 Å². The van der Waals surface area contributed by atoms with Gasteiger partial charge in [0.25, 0.3) is 0 Å². The Kier molecular flexibility index (Phi) is 8.21. The van der Waals surface area contributed by atoms with Crippen LogP contribution in [-0.2, 0) is 10.0 Å². The van der Waals surface area contributed by atoms with Crippen molar-refractivity contribution in [3.05, 3.63) is 18.2 Å². The van der Waals surface area contributed by atoms with Gasteiger partial charge in [0.05, 0.1) is 18.1 Å². The minimum absolute atomic E-state index is 0. The zero-order chi connectivity index (χ0) is 18.6. The second kappa shape index (κ2) is 9.96. The third-order valence-electron chi connectivity index (χ3n) is 5.00. The van der Waals surface area contributed by atoms with E-state index in [1.54, 1.807) is 22.5 Å². The van der Waals surface area contributed by atoms with Crippen molar-refractivity contribution in [1.82, 2.24) is 9.62 Å². The number of halogens is 1. The smallest absolute Gasteiger partial charge is 0.243 e. The lowest BCUT2D eigenvalue weighted by Gasteiger charge is -2.32. The largest absolute Gasteiger partial charge is 0.490 e. The van der Waals surface area contributed by atoms with Crippen LogP contribution in [0.4, 0.5) is 0 Å². The first-order valence-corrected chi connectivity index (χ1v) is 11.1. The molecule has 1 heterocycles. The molecule has 1 aromatic rings. The van der Waals surface area contributed by atoms with Crippen LogP contribution < -0.4 is 14.8 Å². The summed E-state index contributed by atoms with van der Waals surface area (Å²) in [5, 5.41) is 3.58. The quantitative estimate of drug-likeness (QED) is 0.667. The second-order valence-corrected chi connectivity index (χ2v) is 8.94. The topological polar surface area (TPSA) is 67.9 Å². The Morgan fingerprint density at radius 1 is 1.04 bits per heavy atom. The SMILES string of the molecule is CCOc1ccc(S(=O)(=O)N2CCC(NCC3CC3)CC2)cc1OCC.Cl. The molecular formula is C19H31ClN2O4S. The van der Waals surface area contributed by atoms with Crippen LogP contribution in [0.15, 0.2) is 23.1 Å². The summed E-state index contributed by atoms with van der Waals surface area (Å²) >= 11 is 0. The number of ether oxygens (including phenoxy) is 2. The maximum absolute atomic E-state index is 13.0. The lowest BCUT2D eigenvalue weighted by molar-refractivity contribution is 0.284. The third-order valence-corrected chi connectivity index (χ3v) is 6.89. The molecule has 1 aliphatic heterocycles. The summed E-state index contributed by atoms with van der Waals surface area (Å²) in [6, 6.07) is 5.31. The van der Waals surface area contributed by atoms with Crippen molar-refractivity contribution in [3.8, 4) is 11.5 Å². The predicted octanol–water partition coefficient (Wildman–Crippen LogP) is 3.06. The molecule has 0 unspecified atom stereocenters. The molecule has 6 nitrogen and oxygen atoms in total. The maximum atomic E-state index is 13.0. The van der Waals surface area contributed by atoms with Crippen molar-refractivity contribution in [2.24, 2.45) is 5.92 Å². The van der Waals surface area contributed by atoms with E-state index in [-0.39, 0.29) is 17.3 Å². The predicted molar refractivity (Wildman–Crippen MR) is 109 cm³/mol. The summed E-state index contributed by atoms with van der Waals surface area (Å²) in [7, 11) is -3.51. The Morgan fingerprint density at radius 3 is 2.26 bits per heavy atom. The highest BCUT2D eigenvalue weighted by atomic mass is 35.5. The number of hydrogen-bond donors (Lipinski definition) is 1. The average molecular weight is 419 g/mol. The zero-order valence-electron chi connectivity index (χ0n) is 16.1. The van der Waals surface area contributed by atoms with Gasteiger partial charge in [0.1, 0.15) is 0 Å². The molecule has 1 aliphatic carbocycles. The van der Waals surface area contributed by atoms with E-state index >= 15 is 0 Å². The molecule has 1 N–H and O–H groups in total. The Labute approximate surface area is 169 Å². The molecule has 2 aliphatic rings. The fourth-order valence-corrected chi connectivity index (χ4v) is 4.78. The third kappa shape index (κ3) is 5.73. The summed E-state index contributed by atoms with van der Waals surface area (Å²) in [6.45, 7) is 6.92. The number of nitrogens with one attached hydrogen (secondary N) is 1. The molecule has 1 aromatic carbocycles. The molecule has 154 valence electrons. The molecule has 1 saturated carbocycles. The molecular weight excluding hydrogens is 388 g/mol. The highest BCUT2D eigenvalue weighted by Gasteiger charge is 2.31. The van der Waals surface area contributed by atoms with Crippen molar-refractivity contribution in [3.63, 3.8) is 0 Å². The summed E-state index contributed by atoms with van der Waals surface area (Å²) < 4.78 is 38.7. The van der Waals surface area contributed by atoms with Gasteiger partial charge in [-0.3, -0.25) is 0 Å². The van der Waals surface area contributed by atoms with Crippen molar-refractivity contribution in [2.45, 2.75) is 50.5 Å². The minimum Gasteiger partial charge on any atom is -0.490 e. The van der Waals surface area contributed by atoms with Crippen LogP contribution in [0.25, 0.3) is 0 Å². The second-order valence-electron chi connectivity index (χ2n) is 7.00. The summed E-state index contributed by atoms with van der Waals surface area (Å²) in [5.41, 5.74) is 0. The lowest BCUT2D eigenvalue weighted by Crippen LogP contribution is -2.45. The molecule has 1 saturated heterocycles. The van der Waals surface area contributed by atoms with Gasteiger partial charge in [-0.15, -0.1) is 12.4 Å². The molecule has 3 rings (SSSR count). The fourth-order valence-electron chi connectivity index (χ4n) is 3.30. The van der Waals surface area contributed by atoms with Gasteiger partial charge in [-0.25, -0.2) is 8.42 Å². The lowest BCUT2D eigenvalue weighted by atomic mass is 10.1. The minimum atomic E-state index is -3.51. The Morgan fingerprint density at radius 2 is 1.67 bits per heavy atom. The summed E-state index contributed by atoms with van der Waals surface area (Å²) in [6.07, 6.45) is 4.39.